The Labute approximate surface area is 140 Å². The molecule has 0 aromatic heterocycles. The predicted molar refractivity (Wildman–Crippen MR) is 87.2 cm³/mol. The van der Waals surface area contributed by atoms with E-state index < -0.39 is 21.4 Å². The molecule has 0 spiro atoms. The van der Waals surface area contributed by atoms with E-state index in [0.717, 1.165) is 17.7 Å². The van der Waals surface area contributed by atoms with E-state index in [2.05, 4.69) is 4.72 Å². The first-order valence-corrected chi connectivity index (χ1v) is 8.90. The van der Waals surface area contributed by atoms with Gasteiger partial charge in [0.1, 0.15) is 5.82 Å². The zero-order valence-corrected chi connectivity index (χ0v) is 14.2. The smallest absolute Gasteiger partial charge is 0.241 e. The molecule has 0 saturated heterocycles. The first-order chi connectivity index (χ1) is 11.4. The molecule has 128 valence electrons. The number of sulfonamides is 1. The second-order valence-electron chi connectivity index (χ2n) is 5.71. The molecule has 1 saturated carbocycles. The van der Waals surface area contributed by atoms with Crippen LogP contribution in [0.3, 0.4) is 0 Å². The van der Waals surface area contributed by atoms with Crippen LogP contribution in [0.1, 0.15) is 18.4 Å². The SMILES string of the molecule is COc1ccc(C2(NS(=O)(=O)c3ccc(F)cc3)CC2)cc1OC. The summed E-state index contributed by atoms with van der Waals surface area (Å²) in [4.78, 5) is 0.0376. The van der Waals surface area contributed by atoms with Gasteiger partial charge in [0.2, 0.25) is 10.0 Å². The zero-order chi connectivity index (χ0) is 17.4. The Morgan fingerprint density at radius 1 is 1.00 bits per heavy atom. The van der Waals surface area contributed by atoms with Crippen LogP contribution < -0.4 is 14.2 Å². The van der Waals surface area contributed by atoms with Gasteiger partial charge in [-0.15, -0.1) is 0 Å². The average molecular weight is 351 g/mol. The van der Waals surface area contributed by atoms with Crippen LogP contribution in [0, 0.1) is 5.82 Å². The van der Waals surface area contributed by atoms with Gasteiger partial charge in [0, 0.05) is 0 Å². The van der Waals surface area contributed by atoms with Gasteiger partial charge in [-0.2, -0.15) is 0 Å². The molecular formula is C17H18FNO4S. The lowest BCUT2D eigenvalue weighted by atomic mass is 10.1. The molecule has 3 rings (SSSR count). The molecule has 0 radical (unpaired) electrons. The standard InChI is InChI=1S/C17H18FNO4S/c1-22-15-8-3-12(11-16(15)23-2)17(9-10-17)19-24(20,21)14-6-4-13(18)5-7-14/h3-8,11,19H,9-10H2,1-2H3. The summed E-state index contributed by atoms with van der Waals surface area (Å²) in [5.74, 6) is 0.649. The lowest BCUT2D eigenvalue weighted by Crippen LogP contribution is -2.34. The average Bonchev–Trinajstić information content (AvgIpc) is 3.34. The molecule has 0 amide bonds. The van der Waals surface area contributed by atoms with Crippen molar-refractivity contribution < 1.29 is 22.3 Å². The summed E-state index contributed by atoms with van der Waals surface area (Å²) >= 11 is 0. The van der Waals surface area contributed by atoms with E-state index in [0.29, 0.717) is 24.3 Å². The summed E-state index contributed by atoms with van der Waals surface area (Å²) in [7, 11) is -0.669. The molecule has 2 aromatic carbocycles. The van der Waals surface area contributed by atoms with Crippen molar-refractivity contribution in [3.8, 4) is 11.5 Å². The van der Waals surface area contributed by atoms with E-state index >= 15 is 0 Å². The first kappa shape index (κ1) is 16.7. The number of hydrogen-bond donors (Lipinski definition) is 1. The van der Waals surface area contributed by atoms with Crippen molar-refractivity contribution in [1.82, 2.24) is 4.72 Å². The minimum absolute atomic E-state index is 0.0376. The molecule has 1 N–H and O–H groups in total. The van der Waals surface area contributed by atoms with Gasteiger partial charge in [-0.05, 0) is 54.8 Å². The fraction of sp³-hybridized carbons (Fsp3) is 0.294. The summed E-state index contributed by atoms with van der Waals surface area (Å²) in [5.41, 5.74) is 0.151. The number of halogens is 1. The van der Waals surface area contributed by atoms with E-state index in [1.54, 1.807) is 19.2 Å². The molecule has 0 bridgehead atoms. The Morgan fingerprint density at radius 3 is 2.17 bits per heavy atom. The highest BCUT2D eigenvalue weighted by Crippen LogP contribution is 2.48. The van der Waals surface area contributed by atoms with Crippen LogP contribution in [0.25, 0.3) is 0 Å². The Kier molecular flexibility index (Phi) is 4.23. The fourth-order valence-corrected chi connectivity index (χ4v) is 4.09. The minimum atomic E-state index is -3.74. The van der Waals surface area contributed by atoms with Gasteiger partial charge >= 0.3 is 0 Å². The van der Waals surface area contributed by atoms with Crippen molar-refractivity contribution in [2.45, 2.75) is 23.3 Å². The number of rotatable bonds is 6. The van der Waals surface area contributed by atoms with Gasteiger partial charge < -0.3 is 9.47 Å². The van der Waals surface area contributed by atoms with Crippen LogP contribution in [-0.2, 0) is 15.6 Å². The minimum Gasteiger partial charge on any atom is -0.493 e. The van der Waals surface area contributed by atoms with Crippen molar-refractivity contribution in [3.05, 3.63) is 53.8 Å². The van der Waals surface area contributed by atoms with Gasteiger partial charge in [0.15, 0.2) is 11.5 Å². The van der Waals surface area contributed by atoms with Crippen LogP contribution in [-0.4, -0.2) is 22.6 Å². The maximum atomic E-state index is 13.0. The molecule has 1 aliphatic carbocycles. The molecule has 0 heterocycles. The lowest BCUT2D eigenvalue weighted by molar-refractivity contribution is 0.354. The van der Waals surface area contributed by atoms with Gasteiger partial charge in [0.05, 0.1) is 24.7 Å². The Balaban J connectivity index is 1.90. The van der Waals surface area contributed by atoms with E-state index in [9.17, 15) is 12.8 Å². The van der Waals surface area contributed by atoms with Gasteiger partial charge in [-0.1, -0.05) is 6.07 Å². The summed E-state index contributed by atoms with van der Waals surface area (Å²) in [6, 6.07) is 10.1. The zero-order valence-electron chi connectivity index (χ0n) is 13.4. The maximum absolute atomic E-state index is 13.0. The number of nitrogens with one attached hydrogen (secondary N) is 1. The second kappa shape index (κ2) is 6.07. The van der Waals surface area contributed by atoms with E-state index in [4.69, 9.17) is 9.47 Å². The molecule has 2 aromatic rings. The molecule has 1 fully saturated rings. The predicted octanol–water partition coefficient (Wildman–Crippen LogP) is 2.81. The van der Waals surface area contributed by atoms with Crippen LogP contribution in [0.2, 0.25) is 0 Å². The van der Waals surface area contributed by atoms with E-state index in [-0.39, 0.29) is 4.90 Å². The van der Waals surface area contributed by atoms with Crippen LogP contribution >= 0.6 is 0 Å². The molecule has 1 aliphatic rings. The lowest BCUT2D eigenvalue weighted by Gasteiger charge is -2.19. The third kappa shape index (κ3) is 3.09. The normalized spacial score (nSPS) is 15.8. The molecule has 0 aliphatic heterocycles. The number of methoxy groups -OCH3 is 2. The third-order valence-corrected chi connectivity index (χ3v) is 5.69. The van der Waals surface area contributed by atoms with Crippen molar-refractivity contribution in [2.24, 2.45) is 0 Å². The van der Waals surface area contributed by atoms with Crippen LogP contribution in [0.5, 0.6) is 11.5 Å². The van der Waals surface area contributed by atoms with Crippen LogP contribution in [0.15, 0.2) is 47.4 Å². The highest BCUT2D eigenvalue weighted by Gasteiger charge is 2.48. The molecule has 5 nitrogen and oxygen atoms in total. The summed E-state index contributed by atoms with van der Waals surface area (Å²) < 4.78 is 51.4. The Morgan fingerprint density at radius 2 is 1.62 bits per heavy atom. The van der Waals surface area contributed by atoms with Gasteiger partial charge in [-0.3, -0.25) is 0 Å². The second-order valence-corrected chi connectivity index (χ2v) is 7.39. The van der Waals surface area contributed by atoms with Gasteiger partial charge in [-0.25, -0.2) is 17.5 Å². The molecule has 0 unspecified atom stereocenters. The molecular weight excluding hydrogens is 333 g/mol. The fourth-order valence-electron chi connectivity index (χ4n) is 2.64. The number of benzene rings is 2. The maximum Gasteiger partial charge on any atom is 0.241 e. The summed E-state index contributed by atoms with van der Waals surface area (Å²) in [5, 5.41) is 0. The summed E-state index contributed by atoms with van der Waals surface area (Å²) in [6.07, 6.45) is 1.37. The molecule has 24 heavy (non-hydrogen) atoms. The number of hydrogen-bond acceptors (Lipinski definition) is 4. The quantitative estimate of drug-likeness (QED) is 0.869. The topological polar surface area (TPSA) is 64.6 Å². The van der Waals surface area contributed by atoms with Crippen molar-refractivity contribution >= 4 is 10.0 Å². The molecule has 0 atom stereocenters. The highest BCUT2D eigenvalue weighted by atomic mass is 32.2. The first-order valence-electron chi connectivity index (χ1n) is 7.42. The Hall–Kier alpha value is -2.12. The number of ether oxygens (including phenoxy) is 2. The van der Waals surface area contributed by atoms with Crippen LogP contribution in [0.4, 0.5) is 4.39 Å². The monoisotopic (exact) mass is 351 g/mol. The van der Waals surface area contributed by atoms with Gasteiger partial charge in [0.25, 0.3) is 0 Å². The highest BCUT2D eigenvalue weighted by molar-refractivity contribution is 7.89. The molecule has 7 heteroatoms. The third-order valence-electron chi connectivity index (χ3n) is 4.14. The van der Waals surface area contributed by atoms with Crippen molar-refractivity contribution in [2.75, 3.05) is 14.2 Å². The largest absolute Gasteiger partial charge is 0.493 e. The van der Waals surface area contributed by atoms with Crippen molar-refractivity contribution in [3.63, 3.8) is 0 Å². The van der Waals surface area contributed by atoms with E-state index in [1.807, 2.05) is 6.07 Å². The summed E-state index contributed by atoms with van der Waals surface area (Å²) in [6.45, 7) is 0. The van der Waals surface area contributed by atoms with E-state index in [1.165, 1.54) is 19.2 Å². The Bertz CT molecular complexity index is 845. The van der Waals surface area contributed by atoms with Crippen molar-refractivity contribution in [1.29, 1.82) is 0 Å².